The molecule has 1 unspecified atom stereocenters. The summed E-state index contributed by atoms with van der Waals surface area (Å²) >= 11 is 6.34. The van der Waals surface area contributed by atoms with Crippen LogP contribution >= 0.6 is 11.6 Å². The van der Waals surface area contributed by atoms with Gasteiger partial charge in [-0.2, -0.15) is 5.10 Å². The zero-order valence-corrected chi connectivity index (χ0v) is 19.5. The predicted octanol–water partition coefficient (Wildman–Crippen LogP) is 5.55. The normalized spacial score (nSPS) is 15.4. The summed E-state index contributed by atoms with van der Waals surface area (Å²) in [6.07, 6.45) is 0.391. The summed E-state index contributed by atoms with van der Waals surface area (Å²) in [5, 5.41) is 7.48. The minimum absolute atomic E-state index is 0.204. The number of methoxy groups -OCH3 is 1. The monoisotopic (exact) mass is 471 g/mol. The average molecular weight is 472 g/mol. The van der Waals surface area contributed by atoms with Gasteiger partial charge in [0.2, 0.25) is 5.91 Å². The number of aromatic amines is 1. The van der Waals surface area contributed by atoms with Gasteiger partial charge in [-0.15, -0.1) is 0 Å². The van der Waals surface area contributed by atoms with Crippen LogP contribution in [0.3, 0.4) is 0 Å². The number of ether oxygens (including phenoxy) is 1. The fraction of sp³-hybridized carbons (Fsp3) is 0.148. The number of hydrogen-bond acceptors (Lipinski definition) is 4. The van der Waals surface area contributed by atoms with Crippen LogP contribution in [0, 0.1) is 0 Å². The van der Waals surface area contributed by atoms with Crippen molar-refractivity contribution in [2.24, 2.45) is 5.10 Å². The number of rotatable bonds is 4. The molecule has 2 heterocycles. The zero-order valence-electron chi connectivity index (χ0n) is 18.7. The van der Waals surface area contributed by atoms with Gasteiger partial charge in [-0.05, 0) is 41.5 Å². The number of fused-ring (bicyclic) bond motifs is 1. The maximum atomic E-state index is 13.4. The number of benzene rings is 3. The number of H-pyrrole nitrogens is 1. The number of nitrogens with one attached hydrogen (secondary N) is 1. The van der Waals surface area contributed by atoms with E-state index in [0.717, 1.165) is 22.1 Å². The van der Waals surface area contributed by atoms with Crippen LogP contribution in [0.15, 0.2) is 82.7 Å². The highest BCUT2D eigenvalue weighted by Gasteiger charge is 2.34. The number of carbonyl (C=O) groups is 1. The molecule has 0 bridgehead atoms. The number of carbonyl (C=O) groups excluding carboxylic acids is 1. The van der Waals surface area contributed by atoms with E-state index in [9.17, 15) is 9.59 Å². The molecular formula is C27H22ClN3O3. The molecule has 0 radical (unpaired) electrons. The Balaban J connectivity index is 1.73. The molecular weight excluding hydrogens is 450 g/mol. The second-order valence-corrected chi connectivity index (χ2v) is 8.60. The number of pyridine rings is 1. The number of amides is 1. The Hall–Kier alpha value is -3.90. The highest BCUT2D eigenvalue weighted by molar-refractivity contribution is 6.31. The summed E-state index contributed by atoms with van der Waals surface area (Å²) in [6.45, 7) is 1.47. The molecule has 34 heavy (non-hydrogen) atoms. The largest absolute Gasteiger partial charge is 0.497 e. The Morgan fingerprint density at radius 3 is 2.59 bits per heavy atom. The van der Waals surface area contributed by atoms with Crippen molar-refractivity contribution in [2.75, 3.05) is 7.11 Å². The van der Waals surface area contributed by atoms with Crippen molar-refractivity contribution >= 4 is 34.1 Å². The lowest BCUT2D eigenvalue weighted by molar-refractivity contribution is -0.130. The molecule has 3 aromatic carbocycles. The van der Waals surface area contributed by atoms with Crippen molar-refractivity contribution in [3.05, 3.63) is 99.3 Å². The lowest BCUT2D eigenvalue weighted by Crippen LogP contribution is -2.24. The summed E-state index contributed by atoms with van der Waals surface area (Å²) in [5.41, 5.74) is 3.91. The van der Waals surface area contributed by atoms with Crippen molar-refractivity contribution in [1.29, 1.82) is 0 Å². The van der Waals surface area contributed by atoms with Gasteiger partial charge in [0.25, 0.3) is 5.56 Å². The Bertz CT molecular complexity index is 1490. The quantitative estimate of drug-likeness (QED) is 0.423. The van der Waals surface area contributed by atoms with E-state index in [2.05, 4.69) is 10.1 Å². The van der Waals surface area contributed by atoms with Gasteiger partial charge in [-0.1, -0.05) is 54.1 Å². The fourth-order valence-electron chi connectivity index (χ4n) is 4.51. The van der Waals surface area contributed by atoms with Crippen LogP contribution in [0.25, 0.3) is 22.0 Å². The minimum Gasteiger partial charge on any atom is -0.497 e. The molecule has 170 valence electrons. The summed E-state index contributed by atoms with van der Waals surface area (Å²) in [7, 11) is 1.60. The van der Waals surface area contributed by atoms with Gasteiger partial charge in [-0.3, -0.25) is 9.59 Å². The van der Waals surface area contributed by atoms with Crippen LogP contribution in [-0.4, -0.2) is 28.7 Å². The maximum Gasteiger partial charge on any atom is 0.258 e. The third-order valence-corrected chi connectivity index (χ3v) is 6.27. The van der Waals surface area contributed by atoms with Gasteiger partial charge in [0.05, 0.1) is 24.4 Å². The number of nitrogens with zero attached hydrogens (tertiary/aromatic N) is 2. The van der Waals surface area contributed by atoms with Gasteiger partial charge in [0, 0.05) is 34.8 Å². The molecule has 1 atom stereocenters. The highest BCUT2D eigenvalue weighted by Crippen LogP contribution is 2.38. The topological polar surface area (TPSA) is 74.8 Å². The molecule has 0 saturated carbocycles. The van der Waals surface area contributed by atoms with Crippen LogP contribution in [0.2, 0.25) is 5.02 Å². The van der Waals surface area contributed by atoms with Crippen molar-refractivity contribution in [2.45, 2.75) is 19.4 Å². The summed E-state index contributed by atoms with van der Waals surface area (Å²) in [5.74, 6) is 0.488. The van der Waals surface area contributed by atoms with E-state index < -0.39 is 0 Å². The second-order valence-electron chi connectivity index (χ2n) is 8.17. The standard InChI is InChI=1S/C27H22ClN3O3/c1-16(32)31-24(18-9-6-10-20(13-18)34-2)15-23(30-31)26-25(17-7-4-3-5-8-17)21-14-19(28)11-12-22(21)29-27(26)33/h3-14,24H,15H2,1-2H3,(H,29,33). The Labute approximate surface area is 201 Å². The smallest absolute Gasteiger partial charge is 0.258 e. The first kappa shape index (κ1) is 21.9. The highest BCUT2D eigenvalue weighted by atomic mass is 35.5. The first-order valence-corrected chi connectivity index (χ1v) is 11.3. The average Bonchev–Trinajstić information content (AvgIpc) is 3.29. The molecule has 1 aliphatic rings. The predicted molar refractivity (Wildman–Crippen MR) is 134 cm³/mol. The molecule has 1 amide bonds. The van der Waals surface area contributed by atoms with Crippen LogP contribution in [0.4, 0.5) is 0 Å². The molecule has 1 aromatic heterocycles. The van der Waals surface area contributed by atoms with Crippen LogP contribution in [0.1, 0.15) is 30.5 Å². The summed E-state index contributed by atoms with van der Waals surface area (Å²) in [4.78, 5) is 28.9. The van der Waals surface area contributed by atoms with E-state index in [1.807, 2.05) is 60.7 Å². The molecule has 0 saturated heterocycles. The van der Waals surface area contributed by atoms with Crippen LogP contribution < -0.4 is 10.3 Å². The Morgan fingerprint density at radius 1 is 1.06 bits per heavy atom. The SMILES string of the molecule is COc1cccc(C2CC(c3c(-c4ccccc4)c4cc(Cl)ccc4[nH]c3=O)=NN2C(C)=O)c1. The van der Waals surface area contributed by atoms with Crippen LogP contribution in [0.5, 0.6) is 5.75 Å². The molecule has 0 aliphatic carbocycles. The number of hydrogen-bond donors (Lipinski definition) is 1. The zero-order chi connectivity index (χ0) is 23.8. The molecule has 6 nitrogen and oxygen atoms in total. The van der Waals surface area contributed by atoms with E-state index >= 15 is 0 Å². The number of aromatic nitrogens is 1. The first-order chi connectivity index (χ1) is 16.5. The van der Waals surface area contributed by atoms with E-state index in [1.54, 1.807) is 19.2 Å². The van der Waals surface area contributed by atoms with Gasteiger partial charge in [0.1, 0.15) is 5.75 Å². The van der Waals surface area contributed by atoms with Crippen molar-refractivity contribution in [3.8, 4) is 16.9 Å². The first-order valence-electron chi connectivity index (χ1n) is 10.9. The van der Waals surface area contributed by atoms with Gasteiger partial charge >= 0.3 is 0 Å². The van der Waals surface area contributed by atoms with E-state index in [-0.39, 0.29) is 17.5 Å². The third kappa shape index (κ3) is 3.86. The van der Waals surface area contributed by atoms with Crippen molar-refractivity contribution < 1.29 is 9.53 Å². The van der Waals surface area contributed by atoms with E-state index in [4.69, 9.17) is 16.3 Å². The second kappa shape index (κ2) is 8.80. The summed E-state index contributed by atoms with van der Waals surface area (Å²) in [6, 6.07) is 22.3. The van der Waals surface area contributed by atoms with Gasteiger partial charge in [-0.25, -0.2) is 5.01 Å². The minimum atomic E-state index is -0.347. The molecule has 4 aromatic rings. The van der Waals surface area contributed by atoms with Gasteiger partial charge < -0.3 is 9.72 Å². The van der Waals surface area contributed by atoms with E-state index in [1.165, 1.54) is 11.9 Å². The van der Waals surface area contributed by atoms with Crippen molar-refractivity contribution in [1.82, 2.24) is 9.99 Å². The summed E-state index contributed by atoms with van der Waals surface area (Å²) < 4.78 is 5.37. The fourth-order valence-corrected chi connectivity index (χ4v) is 4.68. The lowest BCUT2D eigenvalue weighted by Gasteiger charge is -2.20. The Kier molecular flexibility index (Phi) is 5.67. The molecule has 0 spiro atoms. The molecule has 7 heteroatoms. The molecule has 0 fully saturated rings. The third-order valence-electron chi connectivity index (χ3n) is 6.04. The Morgan fingerprint density at radius 2 is 1.85 bits per heavy atom. The van der Waals surface area contributed by atoms with Gasteiger partial charge in [0.15, 0.2) is 0 Å². The lowest BCUT2D eigenvalue weighted by atomic mass is 9.91. The van der Waals surface area contributed by atoms with E-state index in [0.29, 0.717) is 34.0 Å². The number of halogens is 1. The molecule has 1 N–H and O–H groups in total. The number of hydrazone groups is 1. The molecule has 1 aliphatic heterocycles. The maximum absolute atomic E-state index is 13.4. The van der Waals surface area contributed by atoms with Crippen molar-refractivity contribution in [3.63, 3.8) is 0 Å². The van der Waals surface area contributed by atoms with Crippen LogP contribution in [-0.2, 0) is 4.79 Å². The molecule has 5 rings (SSSR count).